The number of anilines is 1. The fraction of sp³-hybridized carbons (Fsp3) is 0.333. The molecule has 20 heavy (non-hydrogen) atoms. The first-order chi connectivity index (χ1) is 9.56. The average molecular weight is 291 g/mol. The van der Waals surface area contributed by atoms with E-state index in [1.165, 1.54) is 17.7 Å². The highest BCUT2D eigenvalue weighted by molar-refractivity contribution is 7.18. The molecule has 1 fully saturated rings. The molecule has 0 aliphatic carbocycles. The first kappa shape index (κ1) is 12.8. The number of nitrogen functional groups attached to an aromatic ring is 1. The molecule has 3 rings (SSSR count). The van der Waals surface area contributed by atoms with Gasteiger partial charge in [0.25, 0.3) is 0 Å². The van der Waals surface area contributed by atoms with Gasteiger partial charge in [0.15, 0.2) is 0 Å². The number of nitrogens with zero attached hydrogens (tertiary/aromatic N) is 3. The van der Waals surface area contributed by atoms with Gasteiger partial charge in [-0.05, 0) is 12.5 Å². The number of rotatable bonds is 3. The zero-order valence-corrected chi connectivity index (χ0v) is 11.4. The summed E-state index contributed by atoms with van der Waals surface area (Å²) in [7, 11) is 0. The van der Waals surface area contributed by atoms with Gasteiger partial charge in [0.2, 0.25) is 11.8 Å². The number of thiophene rings is 1. The number of nitrogens with two attached hydrogens (primary N) is 2. The quantitative estimate of drug-likeness (QED) is 0.779. The highest BCUT2D eigenvalue weighted by Gasteiger charge is 2.35. The number of primary amides is 1. The van der Waals surface area contributed by atoms with E-state index in [0.29, 0.717) is 25.3 Å². The lowest BCUT2D eigenvalue weighted by atomic mass is 10.1. The number of carbonyl (C=O) groups is 2. The van der Waals surface area contributed by atoms with Gasteiger partial charge in [-0.3, -0.25) is 9.59 Å². The Labute approximate surface area is 118 Å². The van der Waals surface area contributed by atoms with Crippen molar-refractivity contribution in [3.63, 3.8) is 0 Å². The molecule has 1 aliphatic heterocycles. The Morgan fingerprint density at radius 3 is 2.95 bits per heavy atom. The Balaban J connectivity index is 1.82. The van der Waals surface area contributed by atoms with Crippen LogP contribution in [-0.4, -0.2) is 33.2 Å². The number of fused-ring (bicyclic) bond motifs is 1. The molecule has 0 aromatic carbocycles. The van der Waals surface area contributed by atoms with Crippen molar-refractivity contribution in [1.82, 2.24) is 14.9 Å². The Hall–Kier alpha value is -2.22. The van der Waals surface area contributed by atoms with Crippen molar-refractivity contribution in [3.8, 4) is 0 Å². The highest BCUT2D eigenvalue weighted by atomic mass is 32.1. The topological polar surface area (TPSA) is 115 Å². The fourth-order valence-corrected chi connectivity index (χ4v) is 3.37. The molecular weight excluding hydrogens is 278 g/mol. The summed E-state index contributed by atoms with van der Waals surface area (Å²) in [5, 5.41) is 0.797. The number of hydrogen-bond acceptors (Lipinski definition) is 6. The third-order valence-electron chi connectivity index (χ3n) is 3.40. The van der Waals surface area contributed by atoms with Crippen LogP contribution in [0.15, 0.2) is 12.4 Å². The van der Waals surface area contributed by atoms with Gasteiger partial charge < -0.3 is 16.4 Å². The minimum absolute atomic E-state index is 0.200. The van der Waals surface area contributed by atoms with Crippen LogP contribution in [0.3, 0.4) is 0 Å². The van der Waals surface area contributed by atoms with Crippen molar-refractivity contribution in [1.29, 1.82) is 0 Å². The van der Waals surface area contributed by atoms with Crippen LogP contribution >= 0.6 is 11.3 Å². The summed E-state index contributed by atoms with van der Waals surface area (Å²) < 4.78 is 0. The Morgan fingerprint density at radius 2 is 2.30 bits per heavy atom. The van der Waals surface area contributed by atoms with Crippen LogP contribution in [0.2, 0.25) is 0 Å². The number of hydrogen-bond donors (Lipinski definition) is 2. The summed E-state index contributed by atoms with van der Waals surface area (Å²) >= 11 is 1.47. The molecule has 0 radical (unpaired) electrons. The van der Waals surface area contributed by atoms with E-state index >= 15 is 0 Å². The maximum Gasteiger partial charge on any atom is 0.235 e. The summed E-state index contributed by atoms with van der Waals surface area (Å²) in [5.74, 6) is -1.01. The van der Waals surface area contributed by atoms with Gasteiger partial charge in [-0.2, -0.15) is 0 Å². The van der Waals surface area contributed by atoms with Gasteiger partial charge in [0, 0.05) is 11.4 Å². The summed E-state index contributed by atoms with van der Waals surface area (Å²) in [6.07, 6.45) is 1.91. The largest absolute Gasteiger partial charge is 0.383 e. The second-order valence-electron chi connectivity index (χ2n) is 4.69. The maximum atomic E-state index is 12.0. The molecule has 1 atom stereocenters. The maximum absolute atomic E-state index is 12.0. The van der Waals surface area contributed by atoms with E-state index in [9.17, 15) is 9.59 Å². The van der Waals surface area contributed by atoms with E-state index < -0.39 is 11.8 Å². The fourth-order valence-electron chi connectivity index (χ4n) is 2.35. The second-order valence-corrected chi connectivity index (χ2v) is 5.81. The minimum Gasteiger partial charge on any atom is -0.383 e. The van der Waals surface area contributed by atoms with Crippen LogP contribution < -0.4 is 11.5 Å². The molecule has 1 saturated heterocycles. The zero-order valence-electron chi connectivity index (χ0n) is 10.6. The monoisotopic (exact) mass is 291 g/mol. The van der Waals surface area contributed by atoms with Crippen molar-refractivity contribution < 1.29 is 9.59 Å². The minimum atomic E-state index is -0.686. The third-order valence-corrected chi connectivity index (χ3v) is 4.43. The van der Waals surface area contributed by atoms with E-state index in [0.717, 1.165) is 15.1 Å². The molecule has 2 amide bonds. The Morgan fingerprint density at radius 1 is 1.50 bits per heavy atom. The molecule has 4 N–H and O–H groups in total. The summed E-state index contributed by atoms with van der Waals surface area (Å²) in [6, 6.07) is 1.89. The van der Waals surface area contributed by atoms with E-state index in [-0.39, 0.29) is 5.91 Å². The van der Waals surface area contributed by atoms with Crippen LogP contribution in [-0.2, 0) is 16.1 Å². The van der Waals surface area contributed by atoms with E-state index in [4.69, 9.17) is 11.5 Å². The van der Waals surface area contributed by atoms with Crippen molar-refractivity contribution in [3.05, 3.63) is 17.3 Å². The Kier molecular flexibility index (Phi) is 3.01. The number of aromatic nitrogens is 2. The molecule has 104 valence electrons. The SMILES string of the molecule is NC(=O)[C@@H]1CCN(Cc2cc3c(N)ncnc3s2)C1=O. The van der Waals surface area contributed by atoms with Crippen LogP contribution in [0, 0.1) is 5.92 Å². The van der Waals surface area contributed by atoms with E-state index in [2.05, 4.69) is 9.97 Å². The summed E-state index contributed by atoms with van der Waals surface area (Å²) in [4.78, 5) is 34.6. The lowest BCUT2D eigenvalue weighted by Gasteiger charge is -2.14. The highest BCUT2D eigenvalue weighted by Crippen LogP contribution is 2.29. The van der Waals surface area contributed by atoms with Gasteiger partial charge >= 0.3 is 0 Å². The van der Waals surface area contributed by atoms with Crippen molar-refractivity contribution in [2.45, 2.75) is 13.0 Å². The van der Waals surface area contributed by atoms with Gasteiger partial charge in [-0.15, -0.1) is 11.3 Å². The summed E-state index contributed by atoms with van der Waals surface area (Å²) in [6.45, 7) is 0.991. The van der Waals surface area contributed by atoms with Crippen LogP contribution in [0.5, 0.6) is 0 Å². The molecule has 0 bridgehead atoms. The van der Waals surface area contributed by atoms with Gasteiger partial charge in [0.1, 0.15) is 22.9 Å². The van der Waals surface area contributed by atoms with Gasteiger partial charge in [-0.1, -0.05) is 0 Å². The summed E-state index contributed by atoms with van der Waals surface area (Å²) in [5.41, 5.74) is 11.0. The molecule has 2 aromatic rings. The van der Waals surface area contributed by atoms with E-state index in [1.54, 1.807) is 4.90 Å². The molecule has 0 spiro atoms. The lowest BCUT2D eigenvalue weighted by Crippen LogP contribution is -2.32. The predicted molar refractivity (Wildman–Crippen MR) is 74.5 cm³/mol. The smallest absolute Gasteiger partial charge is 0.235 e. The molecule has 0 saturated carbocycles. The van der Waals surface area contributed by atoms with Crippen LogP contribution in [0.1, 0.15) is 11.3 Å². The van der Waals surface area contributed by atoms with Crippen molar-refractivity contribution in [2.24, 2.45) is 11.7 Å². The standard InChI is InChI=1S/C12H13N5O2S/c13-9-8-3-6(20-11(8)16-5-15-9)4-17-2-1-7(10(14)18)12(17)19/h3,5,7H,1-2,4H2,(H2,14,18)(H2,13,15,16)/t7-/m0/s1. The number of carbonyl (C=O) groups excluding carboxylic acids is 2. The first-order valence-electron chi connectivity index (χ1n) is 6.13. The molecule has 8 heteroatoms. The predicted octanol–water partition coefficient (Wildman–Crippen LogP) is 0.107. The molecule has 3 heterocycles. The average Bonchev–Trinajstić information content (AvgIpc) is 2.95. The molecular formula is C12H13N5O2S. The number of amides is 2. The van der Waals surface area contributed by atoms with Gasteiger partial charge in [0.05, 0.1) is 11.9 Å². The van der Waals surface area contributed by atoms with Crippen molar-refractivity contribution in [2.75, 3.05) is 12.3 Å². The second kappa shape index (κ2) is 4.71. The van der Waals surface area contributed by atoms with Crippen molar-refractivity contribution >= 4 is 39.2 Å². The molecule has 7 nitrogen and oxygen atoms in total. The van der Waals surface area contributed by atoms with Gasteiger partial charge in [-0.25, -0.2) is 9.97 Å². The van der Waals surface area contributed by atoms with E-state index in [1.807, 2.05) is 6.07 Å². The first-order valence-corrected chi connectivity index (χ1v) is 6.95. The third kappa shape index (κ3) is 2.07. The number of likely N-dealkylation sites (tertiary alicyclic amines) is 1. The molecule has 1 aliphatic rings. The van der Waals surface area contributed by atoms with Crippen LogP contribution in [0.4, 0.5) is 5.82 Å². The molecule has 2 aromatic heterocycles. The Bertz CT molecular complexity index is 698. The normalized spacial score (nSPS) is 18.9. The van der Waals surface area contributed by atoms with Crippen LogP contribution in [0.25, 0.3) is 10.2 Å². The zero-order chi connectivity index (χ0) is 14.3. The lowest BCUT2D eigenvalue weighted by molar-refractivity contribution is -0.136. The molecule has 0 unspecified atom stereocenters.